The van der Waals surface area contributed by atoms with Gasteiger partial charge in [-0.2, -0.15) is 5.26 Å². The largest absolute Gasteiger partial charge is 0.493 e. The minimum absolute atomic E-state index is 0.00818. The Balaban J connectivity index is 1.20. The van der Waals surface area contributed by atoms with E-state index in [-0.39, 0.29) is 5.56 Å². The van der Waals surface area contributed by atoms with Gasteiger partial charge >= 0.3 is 5.97 Å². The normalized spacial score (nSPS) is 13.3. The third-order valence-electron chi connectivity index (χ3n) is 8.81. The lowest BCUT2D eigenvalue weighted by Crippen LogP contribution is -2.42. The molecule has 8 nitrogen and oxygen atoms in total. The Hall–Kier alpha value is -5.98. The van der Waals surface area contributed by atoms with Crippen molar-refractivity contribution in [2.75, 3.05) is 25.1 Å². The van der Waals surface area contributed by atoms with E-state index in [0.29, 0.717) is 36.3 Å². The van der Waals surface area contributed by atoms with Crippen LogP contribution in [-0.2, 0) is 17.9 Å². The SMILES string of the molecule is COc1ccc(-c2cnc(N3CCC(NCc4ccc(/C=C/C(=O)O)cc4)CC3)cc2-c2ccc(C#N)c(F)c2)cc1OCc1ccccc1. The van der Waals surface area contributed by atoms with E-state index in [1.165, 1.54) is 12.1 Å². The van der Waals surface area contributed by atoms with Crippen LogP contribution in [0.1, 0.15) is 35.1 Å². The van der Waals surface area contributed by atoms with Gasteiger partial charge in [0.05, 0.1) is 12.7 Å². The lowest BCUT2D eigenvalue weighted by atomic mass is 9.94. The number of pyridine rings is 1. The molecule has 0 bridgehead atoms. The molecule has 50 heavy (non-hydrogen) atoms. The number of nitrogens with one attached hydrogen (secondary N) is 1. The molecule has 1 aliphatic heterocycles. The Morgan fingerprint density at radius 1 is 0.960 bits per heavy atom. The van der Waals surface area contributed by atoms with E-state index >= 15 is 0 Å². The van der Waals surface area contributed by atoms with Gasteiger partial charge in [-0.25, -0.2) is 14.2 Å². The minimum atomic E-state index is -0.969. The van der Waals surface area contributed by atoms with Gasteiger partial charge in [-0.15, -0.1) is 0 Å². The molecule has 1 aromatic heterocycles. The van der Waals surface area contributed by atoms with Crippen molar-refractivity contribution >= 4 is 17.9 Å². The zero-order chi connectivity index (χ0) is 34.9. The van der Waals surface area contributed by atoms with Crippen LogP contribution in [0.5, 0.6) is 11.5 Å². The van der Waals surface area contributed by atoms with E-state index in [2.05, 4.69) is 10.2 Å². The molecule has 0 spiro atoms. The van der Waals surface area contributed by atoms with Gasteiger partial charge < -0.3 is 24.8 Å². The minimum Gasteiger partial charge on any atom is -0.493 e. The van der Waals surface area contributed by atoms with Gasteiger partial charge in [-0.3, -0.25) is 0 Å². The molecule has 2 heterocycles. The summed E-state index contributed by atoms with van der Waals surface area (Å²) in [4.78, 5) is 17.9. The van der Waals surface area contributed by atoms with Crippen LogP contribution in [0.15, 0.2) is 109 Å². The highest BCUT2D eigenvalue weighted by molar-refractivity contribution is 5.86. The highest BCUT2D eigenvalue weighted by atomic mass is 19.1. The fraction of sp³-hybridized carbons (Fsp3) is 0.195. The Morgan fingerprint density at radius 2 is 1.70 bits per heavy atom. The number of carboxylic acid groups (broad SMARTS) is 1. The summed E-state index contributed by atoms with van der Waals surface area (Å²) in [5.74, 6) is 0.431. The van der Waals surface area contributed by atoms with E-state index in [1.807, 2.05) is 91.1 Å². The second-order valence-electron chi connectivity index (χ2n) is 12.1. The monoisotopic (exact) mass is 668 g/mol. The molecule has 2 N–H and O–H groups in total. The Morgan fingerprint density at radius 3 is 2.40 bits per heavy atom. The molecular weight excluding hydrogens is 631 g/mol. The zero-order valence-electron chi connectivity index (χ0n) is 27.7. The van der Waals surface area contributed by atoms with Crippen LogP contribution in [0.4, 0.5) is 10.2 Å². The summed E-state index contributed by atoms with van der Waals surface area (Å²) in [6.45, 7) is 2.68. The predicted molar refractivity (Wildman–Crippen MR) is 192 cm³/mol. The van der Waals surface area contributed by atoms with Crippen molar-refractivity contribution < 1.29 is 23.8 Å². The van der Waals surface area contributed by atoms with Crippen molar-refractivity contribution in [1.29, 1.82) is 5.26 Å². The Kier molecular flexibility index (Phi) is 10.8. The van der Waals surface area contributed by atoms with E-state index in [0.717, 1.165) is 71.2 Å². The lowest BCUT2D eigenvalue weighted by Gasteiger charge is -2.33. The summed E-state index contributed by atoms with van der Waals surface area (Å²) in [7, 11) is 1.60. The third-order valence-corrected chi connectivity index (χ3v) is 8.81. The number of hydrogen-bond acceptors (Lipinski definition) is 7. The van der Waals surface area contributed by atoms with E-state index in [9.17, 15) is 14.4 Å². The number of piperidine rings is 1. The molecule has 0 atom stereocenters. The number of benzene rings is 4. The molecule has 1 aliphatic rings. The van der Waals surface area contributed by atoms with Crippen LogP contribution in [0.3, 0.4) is 0 Å². The van der Waals surface area contributed by atoms with Gasteiger partial charge in [0.25, 0.3) is 0 Å². The summed E-state index contributed by atoms with van der Waals surface area (Å²) in [5.41, 5.74) is 6.06. The lowest BCUT2D eigenvalue weighted by molar-refractivity contribution is -0.131. The molecule has 252 valence electrons. The maximum Gasteiger partial charge on any atom is 0.328 e. The van der Waals surface area contributed by atoms with Crippen molar-refractivity contribution in [2.24, 2.45) is 0 Å². The number of anilines is 1. The van der Waals surface area contributed by atoms with Gasteiger partial charge in [-0.1, -0.05) is 66.7 Å². The number of methoxy groups -OCH3 is 1. The summed E-state index contributed by atoms with van der Waals surface area (Å²) < 4.78 is 26.7. The highest BCUT2D eigenvalue weighted by Gasteiger charge is 2.22. The van der Waals surface area contributed by atoms with Crippen LogP contribution in [0.25, 0.3) is 28.3 Å². The van der Waals surface area contributed by atoms with Crippen LogP contribution in [0, 0.1) is 17.1 Å². The van der Waals surface area contributed by atoms with E-state index in [4.69, 9.17) is 19.6 Å². The molecule has 1 fully saturated rings. The molecule has 0 aliphatic carbocycles. The average molecular weight is 669 g/mol. The number of ether oxygens (including phenoxy) is 2. The van der Waals surface area contributed by atoms with E-state index < -0.39 is 11.8 Å². The van der Waals surface area contributed by atoms with Crippen LogP contribution < -0.4 is 19.7 Å². The van der Waals surface area contributed by atoms with Crippen molar-refractivity contribution in [1.82, 2.24) is 10.3 Å². The first-order valence-electron chi connectivity index (χ1n) is 16.4. The number of aliphatic carboxylic acids is 1. The van der Waals surface area contributed by atoms with Crippen LogP contribution >= 0.6 is 0 Å². The number of nitrogens with zero attached hydrogens (tertiary/aromatic N) is 3. The molecule has 6 rings (SSSR count). The number of aromatic nitrogens is 1. The van der Waals surface area contributed by atoms with Gasteiger partial charge in [0, 0.05) is 43.5 Å². The summed E-state index contributed by atoms with van der Waals surface area (Å²) in [5, 5.41) is 21.8. The second-order valence-corrected chi connectivity index (χ2v) is 12.1. The molecule has 4 aromatic carbocycles. The van der Waals surface area contributed by atoms with Gasteiger partial charge in [0.1, 0.15) is 24.3 Å². The number of halogens is 1. The van der Waals surface area contributed by atoms with Crippen molar-refractivity contribution in [3.8, 4) is 39.8 Å². The first-order chi connectivity index (χ1) is 24.4. The number of hydrogen-bond donors (Lipinski definition) is 2. The summed E-state index contributed by atoms with van der Waals surface area (Å²) in [6, 6.07) is 32.4. The maximum atomic E-state index is 15.0. The fourth-order valence-corrected chi connectivity index (χ4v) is 6.04. The van der Waals surface area contributed by atoms with Crippen LogP contribution in [0.2, 0.25) is 0 Å². The average Bonchev–Trinajstić information content (AvgIpc) is 3.16. The Bertz CT molecular complexity index is 2020. The smallest absolute Gasteiger partial charge is 0.328 e. The molecule has 0 amide bonds. The van der Waals surface area contributed by atoms with Crippen LogP contribution in [-0.4, -0.2) is 42.3 Å². The number of carboxylic acids is 1. The molecular formula is C41H37FN4O4. The number of rotatable bonds is 12. The van der Waals surface area contributed by atoms with Crippen molar-refractivity contribution in [3.63, 3.8) is 0 Å². The van der Waals surface area contributed by atoms with Crippen molar-refractivity contribution in [3.05, 3.63) is 137 Å². The third kappa shape index (κ3) is 8.35. The molecule has 0 radical (unpaired) electrons. The maximum absolute atomic E-state index is 15.0. The number of nitriles is 1. The molecule has 9 heteroatoms. The van der Waals surface area contributed by atoms with Gasteiger partial charge in [-0.05, 0) is 82.6 Å². The standard InChI is InChI=1S/C41H37FN4O4/c1-49-38-15-14-32(22-39(38)50-27-30-5-3-2-4-6-30)36-26-45-40(23-35(36)31-12-13-33(24-43)37(42)21-31)46-19-17-34(18-20-46)44-25-29-9-7-28(8-10-29)11-16-41(47)48/h2-16,21-23,26,34,44H,17-20,25,27H2,1H3,(H,47,48)/b16-11+. The molecule has 5 aromatic rings. The summed E-state index contributed by atoms with van der Waals surface area (Å²) in [6.07, 6.45) is 6.37. The fourth-order valence-electron chi connectivity index (χ4n) is 6.04. The molecule has 0 unspecified atom stereocenters. The quantitative estimate of drug-likeness (QED) is 0.129. The van der Waals surface area contributed by atoms with E-state index in [1.54, 1.807) is 19.3 Å². The molecule has 0 saturated carbocycles. The first-order valence-corrected chi connectivity index (χ1v) is 16.4. The summed E-state index contributed by atoms with van der Waals surface area (Å²) >= 11 is 0. The highest BCUT2D eigenvalue weighted by Crippen LogP contribution is 2.39. The Labute approximate surface area is 291 Å². The second kappa shape index (κ2) is 15.9. The topological polar surface area (TPSA) is 108 Å². The van der Waals surface area contributed by atoms with Gasteiger partial charge in [0.2, 0.25) is 0 Å². The van der Waals surface area contributed by atoms with Crippen molar-refractivity contribution in [2.45, 2.75) is 32.0 Å². The first kappa shape index (κ1) is 33.9. The number of carbonyl (C=O) groups is 1. The molecule has 1 saturated heterocycles. The zero-order valence-corrected chi connectivity index (χ0v) is 27.7. The van der Waals surface area contributed by atoms with Gasteiger partial charge in [0.15, 0.2) is 11.5 Å². The predicted octanol–water partition coefficient (Wildman–Crippen LogP) is 7.87.